The summed E-state index contributed by atoms with van der Waals surface area (Å²) in [6.07, 6.45) is 1.48. The second-order valence-corrected chi connectivity index (χ2v) is 5.42. The Labute approximate surface area is 90.3 Å². The van der Waals surface area contributed by atoms with Crippen LogP contribution in [0, 0.1) is 0 Å². The van der Waals surface area contributed by atoms with Crippen molar-refractivity contribution in [2.75, 3.05) is 6.54 Å². The van der Waals surface area contributed by atoms with Crippen LogP contribution in [0.4, 0.5) is 0 Å². The fraction of sp³-hybridized carbons (Fsp3) is 0.625. The Bertz CT molecular complexity index is 264. The SMILES string of the molecule is CC(NC[C@H](C)O)c1ncc(Br)s1. The van der Waals surface area contributed by atoms with E-state index >= 15 is 0 Å². The molecule has 13 heavy (non-hydrogen) atoms. The molecule has 1 rings (SSSR count). The molecule has 74 valence electrons. The smallest absolute Gasteiger partial charge is 0.110 e. The minimum absolute atomic E-state index is 0.200. The molecule has 0 saturated carbocycles. The highest BCUT2D eigenvalue weighted by atomic mass is 79.9. The van der Waals surface area contributed by atoms with Crippen LogP contribution in [-0.4, -0.2) is 22.7 Å². The number of halogens is 1. The molecule has 0 saturated heterocycles. The van der Waals surface area contributed by atoms with Gasteiger partial charge in [0, 0.05) is 6.54 Å². The number of nitrogens with zero attached hydrogens (tertiary/aromatic N) is 1. The van der Waals surface area contributed by atoms with Crippen LogP contribution in [-0.2, 0) is 0 Å². The molecule has 0 aliphatic heterocycles. The largest absolute Gasteiger partial charge is 0.392 e. The van der Waals surface area contributed by atoms with Crippen molar-refractivity contribution in [3.8, 4) is 0 Å². The zero-order chi connectivity index (χ0) is 9.84. The highest BCUT2D eigenvalue weighted by Gasteiger charge is 2.09. The van der Waals surface area contributed by atoms with E-state index in [0.29, 0.717) is 6.54 Å². The van der Waals surface area contributed by atoms with E-state index < -0.39 is 0 Å². The van der Waals surface area contributed by atoms with Gasteiger partial charge >= 0.3 is 0 Å². The van der Waals surface area contributed by atoms with Crippen LogP contribution in [0.15, 0.2) is 9.98 Å². The van der Waals surface area contributed by atoms with Crippen molar-refractivity contribution in [2.45, 2.75) is 26.0 Å². The Morgan fingerprint density at radius 1 is 1.69 bits per heavy atom. The average Bonchev–Trinajstić information content (AvgIpc) is 2.47. The molecule has 3 nitrogen and oxygen atoms in total. The summed E-state index contributed by atoms with van der Waals surface area (Å²) < 4.78 is 1.04. The highest BCUT2D eigenvalue weighted by Crippen LogP contribution is 2.23. The summed E-state index contributed by atoms with van der Waals surface area (Å²) in [6.45, 7) is 4.39. The third-order valence-electron chi connectivity index (χ3n) is 1.59. The normalized spacial score (nSPS) is 15.7. The van der Waals surface area contributed by atoms with Crippen LogP contribution in [0.3, 0.4) is 0 Å². The maximum Gasteiger partial charge on any atom is 0.110 e. The van der Waals surface area contributed by atoms with Crippen molar-refractivity contribution in [3.63, 3.8) is 0 Å². The second-order valence-electron chi connectivity index (χ2n) is 2.98. The van der Waals surface area contributed by atoms with E-state index in [0.717, 1.165) is 8.79 Å². The molecule has 0 aliphatic rings. The van der Waals surface area contributed by atoms with E-state index in [1.807, 2.05) is 6.92 Å². The van der Waals surface area contributed by atoms with Gasteiger partial charge in [0.1, 0.15) is 5.01 Å². The summed E-state index contributed by atoms with van der Waals surface area (Å²) in [6, 6.07) is 0.200. The molecular formula is C8H13BrN2OS. The molecule has 2 N–H and O–H groups in total. The Hall–Kier alpha value is 0.0300. The van der Waals surface area contributed by atoms with Gasteiger partial charge in [0.25, 0.3) is 0 Å². The van der Waals surface area contributed by atoms with Gasteiger partial charge in [0.05, 0.1) is 22.1 Å². The number of rotatable bonds is 4. The van der Waals surface area contributed by atoms with Gasteiger partial charge in [-0.05, 0) is 29.8 Å². The first-order valence-electron chi connectivity index (χ1n) is 4.12. The van der Waals surface area contributed by atoms with E-state index in [-0.39, 0.29) is 12.1 Å². The van der Waals surface area contributed by atoms with Crippen LogP contribution < -0.4 is 5.32 Å². The average molecular weight is 265 g/mol. The quantitative estimate of drug-likeness (QED) is 0.874. The molecule has 0 bridgehead atoms. The van der Waals surface area contributed by atoms with Crippen molar-refractivity contribution < 1.29 is 5.11 Å². The molecule has 2 atom stereocenters. The number of nitrogens with one attached hydrogen (secondary N) is 1. The predicted octanol–water partition coefficient (Wildman–Crippen LogP) is 1.94. The summed E-state index contributed by atoms with van der Waals surface area (Å²) in [5.74, 6) is 0. The molecular weight excluding hydrogens is 252 g/mol. The lowest BCUT2D eigenvalue weighted by Gasteiger charge is -2.11. The molecule has 1 aromatic heterocycles. The summed E-state index contributed by atoms with van der Waals surface area (Å²) >= 11 is 4.97. The Morgan fingerprint density at radius 3 is 2.85 bits per heavy atom. The number of aliphatic hydroxyl groups excluding tert-OH is 1. The highest BCUT2D eigenvalue weighted by molar-refractivity contribution is 9.11. The predicted molar refractivity (Wildman–Crippen MR) is 57.9 cm³/mol. The van der Waals surface area contributed by atoms with Gasteiger partial charge in [0.2, 0.25) is 0 Å². The van der Waals surface area contributed by atoms with Gasteiger partial charge in [-0.2, -0.15) is 0 Å². The molecule has 5 heteroatoms. The van der Waals surface area contributed by atoms with Crippen molar-refractivity contribution in [3.05, 3.63) is 15.0 Å². The van der Waals surface area contributed by atoms with Gasteiger partial charge in [0.15, 0.2) is 0 Å². The van der Waals surface area contributed by atoms with Gasteiger partial charge in [-0.3, -0.25) is 0 Å². The first-order chi connectivity index (χ1) is 6.09. The summed E-state index contributed by atoms with van der Waals surface area (Å²) in [5.41, 5.74) is 0. The first kappa shape index (κ1) is 11.1. The summed E-state index contributed by atoms with van der Waals surface area (Å²) in [4.78, 5) is 4.22. The van der Waals surface area contributed by atoms with Gasteiger partial charge in [-0.15, -0.1) is 11.3 Å². The number of thiazole rings is 1. The zero-order valence-electron chi connectivity index (χ0n) is 7.62. The fourth-order valence-electron chi connectivity index (χ4n) is 0.902. The van der Waals surface area contributed by atoms with Crippen molar-refractivity contribution >= 4 is 27.3 Å². The molecule has 0 aliphatic carbocycles. The van der Waals surface area contributed by atoms with Crippen molar-refractivity contribution in [2.24, 2.45) is 0 Å². The van der Waals surface area contributed by atoms with E-state index in [9.17, 15) is 0 Å². The van der Waals surface area contributed by atoms with Crippen molar-refractivity contribution in [1.29, 1.82) is 0 Å². The van der Waals surface area contributed by atoms with Crippen LogP contribution in [0.5, 0.6) is 0 Å². The second kappa shape index (κ2) is 5.05. The molecule has 1 aromatic rings. The van der Waals surface area contributed by atoms with Crippen LogP contribution >= 0.6 is 27.3 Å². The zero-order valence-corrected chi connectivity index (χ0v) is 10.0. The molecule has 0 spiro atoms. The van der Waals surface area contributed by atoms with Gasteiger partial charge < -0.3 is 10.4 Å². The standard InChI is InChI=1S/C8H13BrN2OS/c1-5(12)3-10-6(2)8-11-4-7(9)13-8/h4-6,10,12H,3H2,1-2H3/t5-,6?/m0/s1. The van der Waals surface area contributed by atoms with E-state index in [1.54, 1.807) is 24.5 Å². The molecule has 1 heterocycles. The number of hydrogen-bond donors (Lipinski definition) is 2. The fourth-order valence-corrected chi connectivity index (χ4v) is 2.17. The lowest BCUT2D eigenvalue weighted by molar-refractivity contribution is 0.187. The number of hydrogen-bond acceptors (Lipinski definition) is 4. The molecule has 1 unspecified atom stereocenters. The third-order valence-corrected chi connectivity index (χ3v) is 3.24. The lowest BCUT2D eigenvalue weighted by atomic mass is 10.3. The van der Waals surface area contributed by atoms with Crippen LogP contribution in [0.2, 0.25) is 0 Å². The van der Waals surface area contributed by atoms with E-state index in [1.165, 1.54) is 0 Å². The topological polar surface area (TPSA) is 45.1 Å². The maximum atomic E-state index is 9.06. The maximum absolute atomic E-state index is 9.06. The van der Waals surface area contributed by atoms with Crippen LogP contribution in [0.1, 0.15) is 24.9 Å². The van der Waals surface area contributed by atoms with Crippen LogP contribution in [0.25, 0.3) is 0 Å². The molecule has 0 fully saturated rings. The number of aromatic nitrogens is 1. The number of aliphatic hydroxyl groups is 1. The third kappa shape index (κ3) is 3.72. The summed E-state index contributed by atoms with van der Waals surface area (Å²) in [7, 11) is 0. The summed E-state index contributed by atoms with van der Waals surface area (Å²) in [5, 5.41) is 13.3. The Balaban J connectivity index is 2.44. The molecule has 0 amide bonds. The van der Waals surface area contributed by atoms with E-state index in [4.69, 9.17) is 5.11 Å². The van der Waals surface area contributed by atoms with Gasteiger partial charge in [-0.1, -0.05) is 0 Å². The van der Waals surface area contributed by atoms with E-state index in [2.05, 4.69) is 26.2 Å². The molecule has 0 radical (unpaired) electrons. The minimum atomic E-state index is -0.314. The minimum Gasteiger partial charge on any atom is -0.392 e. The lowest BCUT2D eigenvalue weighted by Crippen LogP contribution is -2.26. The Kier molecular flexibility index (Phi) is 4.31. The molecule has 0 aromatic carbocycles. The Morgan fingerprint density at radius 2 is 2.38 bits per heavy atom. The van der Waals surface area contributed by atoms with Gasteiger partial charge in [-0.25, -0.2) is 4.98 Å². The van der Waals surface area contributed by atoms with Crippen molar-refractivity contribution in [1.82, 2.24) is 10.3 Å². The monoisotopic (exact) mass is 264 g/mol. The first-order valence-corrected chi connectivity index (χ1v) is 5.73.